The number of rotatable bonds is 6. The topological polar surface area (TPSA) is 51.7 Å². The van der Waals surface area contributed by atoms with Crippen molar-refractivity contribution >= 4 is 16.9 Å². The minimum atomic E-state index is -0.395. The van der Waals surface area contributed by atoms with Crippen LogP contribution < -0.4 is 4.74 Å². The first-order valence-corrected chi connectivity index (χ1v) is 11.2. The maximum atomic E-state index is 13.2. The van der Waals surface area contributed by atoms with Crippen LogP contribution in [-0.2, 0) is 4.74 Å². The Morgan fingerprint density at radius 1 is 1.22 bits per heavy atom. The normalized spacial score (nSPS) is 25.3. The molecule has 0 radical (unpaired) electrons. The van der Waals surface area contributed by atoms with Gasteiger partial charge in [-0.05, 0) is 67.6 Å². The van der Waals surface area contributed by atoms with E-state index in [0.29, 0.717) is 17.4 Å². The molecule has 1 aromatic heterocycles. The average Bonchev–Trinajstić information content (AvgIpc) is 2.87. The minimum Gasteiger partial charge on any atom is -0.497 e. The molecule has 3 aliphatic rings. The quantitative estimate of drug-likeness (QED) is 0.407. The molecule has 0 spiro atoms. The van der Waals surface area contributed by atoms with Crippen LogP contribution in [0.2, 0.25) is 0 Å². The second kappa shape index (κ2) is 8.75. The molecule has 2 bridgehead atoms. The zero-order chi connectivity index (χ0) is 22.1. The number of fused-ring (bicyclic) bond motifs is 4. The van der Waals surface area contributed by atoms with Gasteiger partial charge < -0.3 is 9.47 Å². The fourth-order valence-electron chi connectivity index (χ4n) is 5.32. The first-order valence-electron chi connectivity index (χ1n) is 11.2. The average molecular weight is 429 g/mol. The van der Waals surface area contributed by atoms with Gasteiger partial charge in [0.2, 0.25) is 0 Å². The summed E-state index contributed by atoms with van der Waals surface area (Å²) in [5.74, 6) is 1.53. The Hall–Kier alpha value is -3.18. The smallest absolute Gasteiger partial charge is 0.338 e. The van der Waals surface area contributed by atoms with Gasteiger partial charge in [-0.15, -0.1) is 6.58 Å². The van der Waals surface area contributed by atoms with Gasteiger partial charge in [0, 0.05) is 23.7 Å². The number of carbonyl (C=O) groups is 1. The molecule has 4 heterocycles. The molecule has 5 heteroatoms. The molecule has 0 aliphatic carbocycles. The van der Waals surface area contributed by atoms with Crippen molar-refractivity contribution in [2.45, 2.75) is 25.0 Å². The van der Waals surface area contributed by atoms with Gasteiger partial charge in [-0.25, -0.2) is 4.79 Å². The van der Waals surface area contributed by atoms with Crippen LogP contribution in [-0.4, -0.2) is 42.1 Å². The lowest BCUT2D eigenvalue weighted by molar-refractivity contribution is -0.0568. The van der Waals surface area contributed by atoms with Crippen molar-refractivity contribution in [3.63, 3.8) is 0 Å². The highest BCUT2D eigenvalue weighted by atomic mass is 16.5. The predicted octanol–water partition coefficient (Wildman–Crippen LogP) is 5.04. The van der Waals surface area contributed by atoms with Crippen molar-refractivity contribution in [2.75, 3.05) is 20.2 Å². The Morgan fingerprint density at radius 3 is 2.78 bits per heavy atom. The molecule has 2 aromatic carbocycles. The summed E-state index contributed by atoms with van der Waals surface area (Å²) in [6.07, 6.45) is 5.64. The number of carbonyl (C=O) groups excluding carboxylic acids is 1. The van der Waals surface area contributed by atoms with E-state index in [0.717, 1.165) is 48.1 Å². The largest absolute Gasteiger partial charge is 0.497 e. The second-order valence-corrected chi connectivity index (χ2v) is 8.72. The number of hydrogen-bond acceptors (Lipinski definition) is 5. The number of nitrogens with zero attached hydrogens (tertiary/aromatic N) is 2. The van der Waals surface area contributed by atoms with E-state index in [2.05, 4.69) is 22.5 Å². The van der Waals surface area contributed by atoms with Crippen molar-refractivity contribution in [3.8, 4) is 5.75 Å². The molecule has 0 N–H and O–H groups in total. The summed E-state index contributed by atoms with van der Waals surface area (Å²) in [5.41, 5.74) is 2.41. The highest BCUT2D eigenvalue weighted by Gasteiger charge is 2.44. The van der Waals surface area contributed by atoms with Crippen LogP contribution in [0, 0.1) is 11.8 Å². The molecular weight excluding hydrogens is 400 g/mol. The third-order valence-corrected chi connectivity index (χ3v) is 7.04. The number of methoxy groups -OCH3 is 1. The Labute approximate surface area is 188 Å². The van der Waals surface area contributed by atoms with E-state index in [1.54, 1.807) is 25.4 Å². The second-order valence-electron chi connectivity index (χ2n) is 8.72. The predicted molar refractivity (Wildman–Crippen MR) is 125 cm³/mol. The van der Waals surface area contributed by atoms with Crippen molar-refractivity contribution in [1.82, 2.24) is 9.88 Å². The van der Waals surface area contributed by atoms with Crippen LogP contribution in [0.15, 0.2) is 73.4 Å². The molecule has 0 saturated carbocycles. The summed E-state index contributed by atoms with van der Waals surface area (Å²) >= 11 is 0. The monoisotopic (exact) mass is 428 g/mol. The van der Waals surface area contributed by atoms with E-state index >= 15 is 0 Å². The molecule has 5 atom stereocenters. The number of hydrogen-bond donors (Lipinski definition) is 0. The fraction of sp³-hybridized carbons (Fsp3) is 0.333. The molecule has 2 unspecified atom stereocenters. The van der Waals surface area contributed by atoms with Crippen LogP contribution in [0.1, 0.15) is 34.9 Å². The summed E-state index contributed by atoms with van der Waals surface area (Å²) in [4.78, 5) is 20.2. The van der Waals surface area contributed by atoms with Crippen LogP contribution in [0.4, 0.5) is 0 Å². The third kappa shape index (κ3) is 3.78. The maximum Gasteiger partial charge on any atom is 0.338 e. The molecule has 32 heavy (non-hydrogen) atoms. The van der Waals surface area contributed by atoms with E-state index in [9.17, 15) is 4.79 Å². The van der Waals surface area contributed by atoms with Crippen molar-refractivity contribution in [2.24, 2.45) is 11.8 Å². The van der Waals surface area contributed by atoms with Gasteiger partial charge in [0.1, 0.15) is 11.9 Å². The number of aromatic nitrogens is 1. The summed E-state index contributed by atoms with van der Waals surface area (Å²) in [6, 6.07) is 17.2. The van der Waals surface area contributed by atoms with E-state index in [4.69, 9.17) is 9.47 Å². The molecule has 3 fully saturated rings. The third-order valence-electron chi connectivity index (χ3n) is 7.04. The number of esters is 1. The lowest BCUT2D eigenvalue weighted by atomic mass is 9.73. The lowest BCUT2D eigenvalue weighted by Gasteiger charge is -2.51. The first kappa shape index (κ1) is 20.7. The summed E-state index contributed by atoms with van der Waals surface area (Å²) in [6.45, 7) is 6.03. The lowest BCUT2D eigenvalue weighted by Crippen LogP contribution is -2.55. The Kier molecular flexibility index (Phi) is 5.66. The Balaban J connectivity index is 1.57. The van der Waals surface area contributed by atoms with Crippen LogP contribution in [0.5, 0.6) is 5.75 Å². The Morgan fingerprint density at radius 2 is 2.06 bits per heavy atom. The van der Waals surface area contributed by atoms with Gasteiger partial charge in [0.15, 0.2) is 0 Å². The molecule has 164 valence electrons. The fourth-order valence-corrected chi connectivity index (χ4v) is 5.32. The highest BCUT2D eigenvalue weighted by Crippen LogP contribution is 2.43. The first-order chi connectivity index (χ1) is 15.7. The molecule has 6 rings (SSSR count). The van der Waals surface area contributed by atoms with Gasteiger partial charge >= 0.3 is 5.97 Å². The van der Waals surface area contributed by atoms with Crippen LogP contribution >= 0.6 is 0 Å². The van der Waals surface area contributed by atoms with Gasteiger partial charge in [-0.2, -0.15) is 0 Å². The van der Waals surface area contributed by atoms with Crippen molar-refractivity contribution in [3.05, 3.63) is 84.6 Å². The number of piperidine rings is 3. The van der Waals surface area contributed by atoms with Crippen LogP contribution in [0.3, 0.4) is 0 Å². The molecule has 5 nitrogen and oxygen atoms in total. The standard InChI is InChI=1S/C27H28N2O3/c1-3-18-17-29-14-12-20(18)15-25(29)26(32-27(30)19-7-5-4-6-8-19)22-11-13-28-24-10-9-21(31-2)16-23(22)24/h3-11,13,16,18,20,25-26H,1,12,14-15,17H2,2H3/t18-,20?,25-,26+/m0/s1. The number of pyridine rings is 1. The number of benzene rings is 2. The molecule has 3 saturated heterocycles. The van der Waals surface area contributed by atoms with Gasteiger partial charge in [0.05, 0.1) is 24.2 Å². The molecule has 3 aliphatic heterocycles. The highest BCUT2D eigenvalue weighted by molar-refractivity contribution is 5.90. The van der Waals surface area contributed by atoms with Crippen molar-refractivity contribution in [1.29, 1.82) is 0 Å². The van der Waals surface area contributed by atoms with E-state index in [1.807, 2.05) is 42.5 Å². The van der Waals surface area contributed by atoms with Crippen LogP contribution in [0.25, 0.3) is 10.9 Å². The van der Waals surface area contributed by atoms with Gasteiger partial charge in [-0.3, -0.25) is 9.88 Å². The van der Waals surface area contributed by atoms with E-state index < -0.39 is 6.10 Å². The SMILES string of the molecule is C=C[C@H]1CN2CCC1C[C@H]2[C@H](OC(=O)c1ccccc1)c1ccnc2ccc(OC)cc12. The number of ether oxygens (including phenoxy) is 2. The summed E-state index contributed by atoms with van der Waals surface area (Å²) in [7, 11) is 1.66. The minimum absolute atomic E-state index is 0.120. The Bertz CT molecular complexity index is 1130. The molecular formula is C27H28N2O3. The molecule has 3 aromatic rings. The van der Waals surface area contributed by atoms with Crippen molar-refractivity contribution < 1.29 is 14.3 Å². The summed E-state index contributed by atoms with van der Waals surface area (Å²) < 4.78 is 11.8. The van der Waals surface area contributed by atoms with Gasteiger partial charge in [0.25, 0.3) is 0 Å². The zero-order valence-corrected chi connectivity index (χ0v) is 18.3. The zero-order valence-electron chi connectivity index (χ0n) is 18.3. The summed E-state index contributed by atoms with van der Waals surface area (Å²) in [5, 5.41) is 0.959. The molecule has 0 amide bonds. The van der Waals surface area contributed by atoms with E-state index in [1.165, 1.54) is 0 Å². The van der Waals surface area contributed by atoms with Gasteiger partial charge in [-0.1, -0.05) is 24.3 Å². The maximum absolute atomic E-state index is 13.2. The van der Waals surface area contributed by atoms with E-state index in [-0.39, 0.29) is 12.0 Å².